The number of nitrogens with one attached hydrogen (secondary N) is 1. The van der Waals surface area contributed by atoms with Gasteiger partial charge < -0.3 is 9.88 Å². The first-order valence-corrected chi connectivity index (χ1v) is 8.46. The van der Waals surface area contributed by atoms with Crippen molar-refractivity contribution in [2.75, 3.05) is 6.54 Å². The Bertz CT molecular complexity index is 588. The van der Waals surface area contributed by atoms with Crippen LogP contribution in [-0.2, 0) is 11.3 Å². The van der Waals surface area contributed by atoms with Gasteiger partial charge in [-0.1, -0.05) is 32.8 Å². The van der Waals surface area contributed by atoms with Crippen LogP contribution in [0.15, 0.2) is 36.8 Å². The normalized spacial score (nSPS) is 10.9. The van der Waals surface area contributed by atoms with Gasteiger partial charge in [-0.3, -0.25) is 9.78 Å². The zero-order valence-electron chi connectivity index (χ0n) is 14.0. The molecule has 5 heteroatoms. The molecular formula is C18H26N4O. The van der Waals surface area contributed by atoms with E-state index >= 15 is 0 Å². The van der Waals surface area contributed by atoms with E-state index in [4.69, 9.17) is 0 Å². The van der Waals surface area contributed by atoms with Crippen molar-refractivity contribution in [3.63, 3.8) is 0 Å². The highest BCUT2D eigenvalue weighted by atomic mass is 16.1. The molecule has 2 rings (SSSR count). The van der Waals surface area contributed by atoms with Crippen LogP contribution < -0.4 is 5.32 Å². The summed E-state index contributed by atoms with van der Waals surface area (Å²) in [7, 11) is 0. The van der Waals surface area contributed by atoms with Crippen LogP contribution in [0.25, 0.3) is 11.5 Å². The molecule has 5 nitrogen and oxygen atoms in total. The fourth-order valence-electron chi connectivity index (χ4n) is 2.77. The van der Waals surface area contributed by atoms with Crippen LogP contribution in [0.4, 0.5) is 0 Å². The smallest absolute Gasteiger partial charge is 0.223 e. The Balaban J connectivity index is 1.90. The molecule has 0 fully saturated rings. The van der Waals surface area contributed by atoms with Gasteiger partial charge >= 0.3 is 0 Å². The number of imidazole rings is 1. The SMILES string of the molecule is CCCC(CCC)C(=O)NCCn1ccnc1-c1ccccn1. The summed E-state index contributed by atoms with van der Waals surface area (Å²) in [6.07, 6.45) is 9.46. The first kappa shape index (κ1) is 17.2. The second kappa shape index (κ2) is 9.08. The van der Waals surface area contributed by atoms with E-state index < -0.39 is 0 Å². The van der Waals surface area contributed by atoms with Crippen LogP contribution in [0.5, 0.6) is 0 Å². The zero-order chi connectivity index (χ0) is 16.5. The summed E-state index contributed by atoms with van der Waals surface area (Å²) < 4.78 is 2.03. The van der Waals surface area contributed by atoms with Crippen molar-refractivity contribution in [1.29, 1.82) is 0 Å². The van der Waals surface area contributed by atoms with Gasteiger partial charge in [0.2, 0.25) is 5.91 Å². The van der Waals surface area contributed by atoms with Gasteiger partial charge in [0.05, 0.1) is 0 Å². The Kier molecular flexibility index (Phi) is 6.78. The zero-order valence-corrected chi connectivity index (χ0v) is 14.0. The van der Waals surface area contributed by atoms with Crippen LogP contribution in [0, 0.1) is 5.92 Å². The maximum absolute atomic E-state index is 12.3. The molecule has 2 heterocycles. The standard InChI is InChI=1S/C18H26N4O/c1-3-7-15(8-4-2)18(23)21-12-14-22-13-11-20-17(22)16-9-5-6-10-19-16/h5-6,9-11,13,15H,3-4,7-8,12,14H2,1-2H3,(H,21,23). The molecule has 0 aliphatic carbocycles. The molecule has 0 spiro atoms. The molecule has 0 aliphatic heterocycles. The third-order valence-corrected chi connectivity index (χ3v) is 3.91. The number of nitrogens with zero attached hydrogens (tertiary/aromatic N) is 3. The van der Waals surface area contributed by atoms with E-state index in [9.17, 15) is 4.79 Å². The quantitative estimate of drug-likeness (QED) is 0.772. The summed E-state index contributed by atoms with van der Waals surface area (Å²) in [5, 5.41) is 3.06. The molecule has 0 bridgehead atoms. The van der Waals surface area contributed by atoms with Crippen LogP contribution >= 0.6 is 0 Å². The number of hydrogen-bond donors (Lipinski definition) is 1. The second-order valence-electron chi connectivity index (χ2n) is 5.72. The van der Waals surface area contributed by atoms with E-state index in [0.717, 1.165) is 37.2 Å². The number of amides is 1. The Morgan fingerprint density at radius 3 is 2.61 bits per heavy atom. The number of carbonyl (C=O) groups is 1. The first-order chi connectivity index (χ1) is 11.3. The molecule has 0 atom stereocenters. The van der Waals surface area contributed by atoms with Crippen LogP contribution in [0.3, 0.4) is 0 Å². The van der Waals surface area contributed by atoms with Gasteiger partial charge in [-0.25, -0.2) is 4.98 Å². The molecule has 0 saturated carbocycles. The lowest BCUT2D eigenvalue weighted by Gasteiger charge is -2.15. The van der Waals surface area contributed by atoms with Crippen molar-refractivity contribution in [3.05, 3.63) is 36.8 Å². The van der Waals surface area contributed by atoms with Crippen molar-refractivity contribution >= 4 is 5.91 Å². The van der Waals surface area contributed by atoms with Crippen molar-refractivity contribution < 1.29 is 4.79 Å². The number of hydrogen-bond acceptors (Lipinski definition) is 3. The molecule has 2 aromatic heterocycles. The van der Waals surface area contributed by atoms with Gasteiger partial charge in [-0.15, -0.1) is 0 Å². The van der Waals surface area contributed by atoms with Gasteiger partial charge in [-0.05, 0) is 25.0 Å². The molecule has 0 unspecified atom stereocenters. The van der Waals surface area contributed by atoms with E-state index in [1.165, 1.54) is 0 Å². The highest BCUT2D eigenvalue weighted by molar-refractivity contribution is 5.78. The largest absolute Gasteiger partial charge is 0.354 e. The molecule has 0 saturated heterocycles. The first-order valence-electron chi connectivity index (χ1n) is 8.46. The van der Waals surface area contributed by atoms with Gasteiger partial charge in [0.1, 0.15) is 5.69 Å². The minimum Gasteiger partial charge on any atom is -0.354 e. The minimum absolute atomic E-state index is 0.142. The highest BCUT2D eigenvalue weighted by Crippen LogP contribution is 2.15. The molecule has 0 aromatic carbocycles. The van der Waals surface area contributed by atoms with E-state index in [0.29, 0.717) is 13.1 Å². The van der Waals surface area contributed by atoms with Crippen LogP contribution in [0.2, 0.25) is 0 Å². The van der Waals surface area contributed by atoms with E-state index in [1.54, 1.807) is 12.4 Å². The molecular weight excluding hydrogens is 288 g/mol. The molecule has 2 aromatic rings. The second-order valence-corrected chi connectivity index (χ2v) is 5.72. The summed E-state index contributed by atoms with van der Waals surface area (Å²) in [5.74, 6) is 1.15. The van der Waals surface area contributed by atoms with Crippen molar-refractivity contribution in [2.24, 2.45) is 5.92 Å². The van der Waals surface area contributed by atoms with Gasteiger partial charge in [0, 0.05) is 37.6 Å². The maximum Gasteiger partial charge on any atom is 0.223 e. The van der Waals surface area contributed by atoms with Crippen molar-refractivity contribution in [2.45, 2.75) is 46.1 Å². The Morgan fingerprint density at radius 2 is 1.96 bits per heavy atom. The highest BCUT2D eigenvalue weighted by Gasteiger charge is 2.16. The molecule has 23 heavy (non-hydrogen) atoms. The Hall–Kier alpha value is -2.17. The van der Waals surface area contributed by atoms with Gasteiger partial charge in [0.15, 0.2) is 5.82 Å². The van der Waals surface area contributed by atoms with E-state index in [2.05, 4.69) is 29.1 Å². The predicted octanol–water partition coefficient (Wildman–Crippen LogP) is 3.28. The topological polar surface area (TPSA) is 59.8 Å². The van der Waals surface area contributed by atoms with Crippen molar-refractivity contribution in [3.8, 4) is 11.5 Å². The lowest BCUT2D eigenvalue weighted by Crippen LogP contribution is -2.33. The molecule has 1 N–H and O–H groups in total. The minimum atomic E-state index is 0.142. The summed E-state index contributed by atoms with van der Waals surface area (Å²) in [5.41, 5.74) is 0.846. The molecule has 0 aliphatic rings. The number of carbonyl (C=O) groups excluding carboxylic acids is 1. The summed E-state index contributed by atoms with van der Waals surface area (Å²) in [6, 6.07) is 5.78. The van der Waals surface area contributed by atoms with E-state index in [1.807, 2.05) is 29.0 Å². The number of rotatable bonds is 9. The van der Waals surface area contributed by atoms with Crippen LogP contribution in [-0.4, -0.2) is 27.0 Å². The van der Waals surface area contributed by atoms with Gasteiger partial charge in [0.25, 0.3) is 0 Å². The Labute approximate surface area is 138 Å². The lowest BCUT2D eigenvalue weighted by atomic mass is 9.97. The fraction of sp³-hybridized carbons (Fsp3) is 0.500. The third kappa shape index (κ3) is 4.91. The Morgan fingerprint density at radius 1 is 1.17 bits per heavy atom. The van der Waals surface area contributed by atoms with Crippen molar-refractivity contribution in [1.82, 2.24) is 19.9 Å². The average molecular weight is 314 g/mol. The summed E-state index contributed by atoms with van der Waals surface area (Å²) in [6.45, 7) is 5.56. The molecule has 124 valence electrons. The summed E-state index contributed by atoms with van der Waals surface area (Å²) in [4.78, 5) is 21.0. The van der Waals surface area contributed by atoms with Crippen LogP contribution in [0.1, 0.15) is 39.5 Å². The predicted molar refractivity (Wildman–Crippen MR) is 91.8 cm³/mol. The fourth-order valence-corrected chi connectivity index (χ4v) is 2.77. The number of aromatic nitrogens is 3. The van der Waals surface area contributed by atoms with E-state index in [-0.39, 0.29) is 11.8 Å². The third-order valence-electron chi connectivity index (χ3n) is 3.91. The summed E-state index contributed by atoms with van der Waals surface area (Å²) >= 11 is 0. The molecule has 1 amide bonds. The maximum atomic E-state index is 12.3. The lowest BCUT2D eigenvalue weighted by molar-refractivity contribution is -0.125. The monoisotopic (exact) mass is 314 g/mol. The average Bonchev–Trinajstić information content (AvgIpc) is 3.04. The molecule has 0 radical (unpaired) electrons. The number of pyridine rings is 1. The van der Waals surface area contributed by atoms with Gasteiger partial charge in [-0.2, -0.15) is 0 Å².